The average Bonchev–Trinajstić information content (AvgIpc) is 3.60. The molecular formula is C31H27ClN2O5S. The van der Waals surface area contributed by atoms with Crippen LogP contribution in [0.4, 0.5) is 5.13 Å². The molecule has 40 heavy (non-hydrogen) atoms. The van der Waals surface area contributed by atoms with Gasteiger partial charge in [-0.2, -0.15) is 0 Å². The first-order chi connectivity index (χ1) is 19.3. The highest BCUT2D eigenvalue weighted by atomic mass is 35.5. The lowest BCUT2D eigenvalue weighted by atomic mass is 9.94. The molecule has 2 aliphatic rings. The fourth-order valence-corrected chi connectivity index (χ4v) is 6.41. The molecule has 0 radical (unpaired) electrons. The number of aromatic nitrogens is 1. The molecule has 1 N–H and O–H groups in total. The number of carbonyl (C=O) groups excluding carboxylic acids is 2. The van der Waals surface area contributed by atoms with Gasteiger partial charge in [0.05, 0.1) is 28.4 Å². The zero-order valence-electron chi connectivity index (χ0n) is 22.0. The molecule has 3 heterocycles. The van der Waals surface area contributed by atoms with Crippen LogP contribution in [0.2, 0.25) is 5.02 Å². The van der Waals surface area contributed by atoms with Crippen molar-refractivity contribution in [3.05, 3.63) is 87.9 Å². The zero-order valence-corrected chi connectivity index (χ0v) is 23.6. The van der Waals surface area contributed by atoms with Gasteiger partial charge in [-0.25, -0.2) is 4.98 Å². The van der Waals surface area contributed by atoms with E-state index in [1.165, 1.54) is 16.2 Å². The van der Waals surface area contributed by atoms with Crippen LogP contribution in [0.25, 0.3) is 16.0 Å². The first kappa shape index (κ1) is 26.3. The number of benzene rings is 3. The number of fused-ring (bicyclic) bond motifs is 2. The summed E-state index contributed by atoms with van der Waals surface area (Å²) < 4.78 is 12.4. The third-order valence-corrected chi connectivity index (χ3v) is 8.37. The average molecular weight is 575 g/mol. The molecule has 0 bridgehead atoms. The molecule has 7 nitrogen and oxygen atoms in total. The van der Waals surface area contributed by atoms with Gasteiger partial charge in [-0.3, -0.25) is 14.5 Å². The number of ether oxygens (including phenoxy) is 2. The first-order valence-electron chi connectivity index (χ1n) is 13.2. The van der Waals surface area contributed by atoms with Gasteiger partial charge in [0.25, 0.3) is 5.78 Å². The minimum absolute atomic E-state index is 0.00820. The summed E-state index contributed by atoms with van der Waals surface area (Å²) in [5, 5.41) is 12.5. The van der Waals surface area contributed by atoms with Crippen molar-refractivity contribution in [3.63, 3.8) is 0 Å². The Hall–Kier alpha value is -3.88. The molecule has 3 aromatic carbocycles. The van der Waals surface area contributed by atoms with Crippen LogP contribution in [0.1, 0.15) is 49.4 Å². The predicted molar refractivity (Wildman–Crippen MR) is 156 cm³/mol. The Morgan fingerprint density at radius 1 is 1.15 bits per heavy atom. The van der Waals surface area contributed by atoms with E-state index in [1.807, 2.05) is 37.3 Å². The van der Waals surface area contributed by atoms with Crippen molar-refractivity contribution in [1.29, 1.82) is 0 Å². The summed E-state index contributed by atoms with van der Waals surface area (Å²) in [4.78, 5) is 33.2. The highest BCUT2D eigenvalue weighted by molar-refractivity contribution is 7.22. The maximum atomic E-state index is 13.6. The quantitative estimate of drug-likeness (QED) is 0.110. The Labute approximate surface area is 240 Å². The number of hydrogen-bond donors (Lipinski definition) is 1. The number of aliphatic hydroxyl groups excluding tert-OH is 1. The molecule has 0 aliphatic carbocycles. The highest BCUT2D eigenvalue weighted by Gasteiger charge is 2.48. The van der Waals surface area contributed by atoms with Crippen molar-refractivity contribution in [3.8, 4) is 11.5 Å². The van der Waals surface area contributed by atoms with Crippen LogP contribution in [-0.4, -0.2) is 34.5 Å². The topological polar surface area (TPSA) is 89.0 Å². The summed E-state index contributed by atoms with van der Waals surface area (Å²) in [6.45, 7) is 4.68. The lowest BCUT2D eigenvalue weighted by molar-refractivity contribution is -0.132. The van der Waals surface area contributed by atoms with Crippen LogP contribution in [-0.2, 0) is 16.0 Å². The molecule has 0 saturated carbocycles. The van der Waals surface area contributed by atoms with Gasteiger partial charge >= 0.3 is 5.91 Å². The van der Waals surface area contributed by atoms with Gasteiger partial charge in [0.2, 0.25) is 0 Å². The van der Waals surface area contributed by atoms with Crippen molar-refractivity contribution in [2.45, 2.75) is 45.3 Å². The van der Waals surface area contributed by atoms with E-state index in [-0.39, 0.29) is 17.4 Å². The van der Waals surface area contributed by atoms with Crippen LogP contribution in [0.5, 0.6) is 11.5 Å². The lowest BCUT2D eigenvalue weighted by Crippen LogP contribution is -2.29. The maximum absolute atomic E-state index is 13.6. The third-order valence-electron chi connectivity index (χ3n) is 7.12. The standard InChI is InChI=1S/C31H27ClN2O5S/c1-3-4-13-38-22-9-5-18(6-10-22)27-26(28(35)19-7-12-24-20(15-19)14-17(2)39-24)29(36)30(37)34(27)31-33-23-11-8-21(32)16-25(23)40-31/h5-12,15-17,27,35H,3-4,13-14H2,1-2H3/t17-,27-/m0/s1. The molecule has 1 aromatic heterocycles. The van der Waals surface area contributed by atoms with E-state index < -0.39 is 17.7 Å². The number of rotatable bonds is 7. The van der Waals surface area contributed by atoms with Gasteiger partial charge in [0, 0.05) is 17.0 Å². The second-order valence-electron chi connectivity index (χ2n) is 10.0. The fourth-order valence-electron chi connectivity index (χ4n) is 5.14. The number of carbonyl (C=O) groups is 2. The van der Waals surface area contributed by atoms with Crippen LogP contribution in [0, 0.1) is 0 Å². The lowest BCUT2D eigenvalue weighted by Gasteiger charge is -2.23. The number of thiazole rings is 1. The molecule has 0 unspecified atom stereocenters. The van der Waals surface area contributed by atoms with Gasteiger partial charge in [-0.05, 0) is 73.0 Å². The van der Waals surface area contributed by atoms with Crippen LogP contribution >= 0.6 is 22.9 Å². The number of hydrogen-bond acceptors (Lipinski definition) is 7. The van der Waals surface area contributed by atoms with Gasteiger partial charge < -0.3 is 14.6 Å². The Bertz CT molecular complexity index is 1660. The molecule has 1 fully saturated rings. The molecular weight excluding hydrogens is 548 g/mol. The fraction of sp³-hybridized carbons (Fsp3) is 0.258. The number of Topliss-reactive ketones (excluding diaryl/α,β-unsaturated/α-hetero) is 1. The molecule has 4 aromatic rings. The Morgan fingerprint density at radius 2 is 1.95 bits per heavy atom. The normalized spacial score (nSPS) is 19.7. The van der Waals surface area contributed by atoms with E-state index in [0.29, 0.717) is 45.6 Å². The number of aliphatic hydroxyl groups is 1. The molecule has 2 atom stereocenters. The number of nitrogens with zero attached hydrogens (tertiary/aromatic N) is 2. The number of ketones is 1. The van der Waals surface area contributed by atoms with Gasteiger partial charge in [0.15, 0.2) is 5.13 Å². The van der Waals surface area contributed by atoms with Gasteiger partial charge in [0.1, 0.15) is 23.4 Å². The Kier molecular flexibility index (Phi) is 6.98. The first-order valence-corrected chi connectivity index (χ1v) is 14.4. The number of amides is 1. The minimum Gasteiger partial charge on any atom is -0.507 e. The minimum atomic E-state index is -0.885. The SMILES string of the molecule is CCCCOc1ccc([C@H]2C(=C(O)c3ccc4c(c3)C[C@H](C)O4)C(=O)C(=O)N2c2nc3ccc(Cl)cc3s2)cc1. The van der Waals surface area contributed by atoms with Crippen molar-refractivity contribution in [1.82, 2.24) is 4.98 Å². The summed E-state index contributed by atoms with van der Waals surface area (Å²) in [5.74, 6) is -0.309. The summed E-state index contributed by atoms with van der Waals surface area (Å²) in [6.07, 6.45) is 2.69. The summed E-state index contributed by atoms with van der Waals surface area (Å²) in [6, 6.07) is 17.0. The number of anilines is 1. The summed E-state index contributed by atoms with van der Waals surface area (Å²) in [5.41, 5.74) is 2.72. The van der Waals surface area contributed by atoms with E-state index in [1.54, 1.807) is 30.3 Å². The summed E-state index contributed by atoms with van der Waals surface area (Å²) >= 11 is 7.46. The zero-order chi connectivity index (χ0) is 28.0. The second-order valence-corrected chi connectivity index (χ2v) is 11.4. The Balaban J connectivity index is 1.47. The number of unbranched alkanes of at least 4 members (excludes halogenated alkanes) is 1. The van der Waals surface area contributed by atoms with Gasteiger partial charge in [-0.1, -0.05) is 48.4 Å². The van der Waals surface area contributed by atoms with Crippen LogP contribution in [0.15, 0.2) is 66.2 Å². The van der Waals surface area contributed by atoms with Crippen LogP contribution < -0.4 is 14.4 Å². The maximum Gasteiger partial charge on any atom is 0.301 e. The van der Waals surface area contributed by atoms with Crippen LogP contribution in [0.3, 0.4) is 0 Å². The summed E-state index contributed by atoms with van der Waals surface area (Å²) in [7, 11) is 0. The molecule has 1 saturated heterocycles. The molecule has 2 aliphatic heterocycles. The van der Waals surface area contributed by atoms with Crippen molar-refractivity contribution < 1.29 is 24.2 Å². The molecule has 0 spiro atoms. The van der Waals surface area contributed by atoms with Crippen molar-refractivity contribution in [2.75, 3.05) is 11.5 Å². The highest BCUT2D eigenvalue weighted by Crippen LogP contribution is 2.45. The largest absolute Gasteiger partial charge is 0.507 e. The molecule has 1 amide bonds. The van der Waals surface area contributed by atoms with Crippen molar-refractivity contribution >= 4 is 55.7 Å². The van der Waals surface area contributed by atoms with E-state index >= 15 is 0 Å². The third kappa shape index (κ3) is 4.71. The monoisotopic (exact) mass is 574 g/mol. The van der Waals surface area contributed by atoms with E-state index in [4.69, 9.17) is 21.1 Å². The molecule has 204 valence electrons. The number of halogens is 1. The van der Waals surface area contributed by atoms with Crippen molar-refractivity contribution in [2.24, 2.45) is 0 Å². The molecule has 6 rings (SSSR count). The van der Waals surface area contributed by atoms with E-state index in [2.05, 4.69) is 11.9 Å². The van der Waals surface area contributed by atoms with E-state index in [0.717, 1.165) is 28.9 Å². The smallest absolute Gasteiger partial charge is 0.301 e. The predicted octanol–water partition coefficient (Wildman–Crippen LogP) is 7.08. The van der Waals surface area contributed by atoms with Gasteiger partial charge in [-0.15, -0.1) is 0 Å². The Morgan fingerprint density at radius 3 is 2.73 bits per heavy atom. The van der Waals surface area contributed by atoms with E-state index in [9.17, 15) is 14.7 Å². The molecule has 9 heteroatoms. The second kappa shape index (κ2) is 10.6.